The van der Waals surface area contributed by atoms with Crippen LogP contribution in [0.3, 0.4) is 0 Å². The zero-order valence-corrected chi connectivity index (χ0v) is 14.0. The molecule has 4 nitrogen and oxygen atoms in total. The minimum Gasteiger partial charge on any atom is -0.337 e. The van der Waals surface area contributed by atoms with Crippen molar-refractivity contribution < 1.29 is 4.52 Å². The molecule has 5 heteroatoms. The van der Waals surface area contributed by atoms with Crippen LogP contribution in [0.25, 0.3) is 11.4 Å². The average molecular weight is 350 g/mol. The van der Waals surface area contributed by atoms with Crippen LogP contribution >= 0.6 is 15.9 Å². The SMILES string of the molecule is CCCC1(c2nc(-c3ccc(C)c(Br)c3)no2)CCCN1. The minimum absolute atomic E-state index is 0.123. The Morgan fingerprint density at radius 3 is 2.95 bits per heavy atom. The molecule has 1 N–H and O–H groups in total. The third-order valence-corrected chi connectivity index (χ3v) is 5.04. The highest BCUT2D eigenvalue weighted by Gasteiger charge is 2.39. The molecule has 0 radical (unpaired) electrons. The molecule has 3 rings (SSSR count). The first-order valence-electron chi connectivity index (χ1n) is 7.50. The molecule has 1 aromatic heterocycles. The number of nitrogens with one attached hydrogen (secondary N) is 1. The average Bonchev–Trinajstić information content (AvgIpc) is 3.12. The molecule has 1 fully saturated rings. The predicted octanol–water partition coefficient (Wildman–Crippen LogP) is 4.19. The fraction of sp³-hybridized carbons (Fsp3) is 0.500. The van der Waals surface area contributed by atoms with Crippen LogP contribution in [0.1, 0.15) is 44.1 Å². The number of rotatable bonds is 4. The maximum absolute atomic E-state index is 5.59. The Morgan fingerprint density at radius 1 is 1.43 bits per heavy atom. The highest BCUT2D eigenvalue weighted by molar-refractivity contribution is 9.10. The largest absolute Gasteiger partial charge is 0.337 e. The summed E-state index contributed by atoms with van der Waals surface area (Å²) >= 11 is 3.55. The van der Waals surface area contributed by atoms with Gasteiger partial charge in [-0.25, -0.2) is 0 Å². The Hall–Kier alpha value is -1.20. The summed E-state index contributed by atoms with van der Waals surface area (Å²) in [6.07, 6.45) is 4.36. The number of aromatic nitrogens is 2. The van der Waals surface area contributed by atoms with Crippen molar-refractivity contribution in [2.45, 2.75) is 45.1 Å². The van der Waals surface area contributed by atoms with E-state index in [1.807, 2.05) is 12.1 Å². The van der Waals surface area contributed by atoms with Crippen molar-refractivity contribution in [3.63, 3.8) is 0 Å². The lowest BCUT2D eigenvalue weighted by Gasteiger charge is -2.24. The van der Waals surface area contributed by atoms with Crippen LogP contribution in [-0.4, -0.2) is 16.7 Å². The Bertz CT molecular complexity index is 632. The van der Waals surface area contributed by atoms with Crippen LogP contribution in [0, 0.1) is 6.92 Å². The van der Waals surface area contributed by atoms with E-state index >= 15 is 0 Å². The summed E-state index contributed by atoms with van der Waals surface area (Å²) in [5, 5.41) is 7.75. The van der Waals surface area contributed by atoms with Gasteiger partial charge >= 0.3 is 0 Å². The number of benzene rings is 1. The molecule has 0 bridgehead atoms. The fourth-order valence-corrected chi connectivity index (χ4v) is 3.38. The topological polar surface area (TPSA) is 51.0 Å². The van der Waals surface area contributed by atoms with Gasteiger partial charge in [0.2, 0.25) is 11.7 Å². The molecule has 1 unspecified atom stereocenters. The highest BCUT2D eigenvalue weighted by Crippen LogP contribution is 2.35. The second-order valence-corrected chi connectivity index (χ2v) is 6.60. The molecule has 2 aromatic rings. The maximum atomic E-state index is 5.59. The van der Waals surface area contributed by atoms with E-state index in [4.69, 9.17) is 4.52 Å². The molecule has 0 amide bonds. The number of hydrogen-bond donors (Lipinski definition) is 1. The molecule has 0 spiro atoms. The van der Waals surface area contributed by atoms with Gasteiger partial charge in [-0.3, -0.25) is 0 Å². The summed E-state index contributed by atoms with van der Waals surface area (Å²) in [4.78, 5) is 4.66. The lowest BCUT2D eigenvalue weighted by Crippen LogP contribution is -2.36. The van der Waals surface area contributed by atoms with E-state index in [0.29, 0.717) is 5.82 Å². The van der Waals surface area contributed by atoms with Crippen molar-refractivity contribution in [2.24, 2.45) is 0 Å². The monoisotopic (exact) mass is 349 g/mol. The third kappa shape index (κ3) is 2.77. The van der Waals surface area contributed by atoms with Gasteiger partial charge in [0.05, 0.1) is 5.54 Å². The second-order valence-electron chi connectivity index (χ2n) is 5.75. The van der Waals surface area contributed by atoms with E-state index in [2.05, 4.69) is 51.3 Å². The second kappa shape index (κ2) is 5.89. The molecular weight excluding hydrogens is 330 g/mol. The Kier molecular flexibility index (Phi) is 4.13. The van der Waals surface area contributed by atoms with E-state index in [1.54, 1.807) is 0 Å². The summed E-state index contributed by atoms with van der Waals surface area (Å²) in [6.45, 7) is 5.28. The smallest absolute Gasteiger partial charge is 0.247 e. The van der Waals surface area contributed by atoms with Crippen molar-refractivity contribution in [1.29, 1.82) is 0 Å². The van der Waals surface area contributed by atoms with Crippen LogP contribution in [0.2, 0.25) is 0 Å². The van der Waals surface area contributed by atoms with Crippen LogP contribution < -0.4 is 5.32 Å². The molecule has 1 atom stereocenters. The van der Waals surface area contributed by atoms with Gasteiger partial charge in [-0.1, -0.05) is 46.6 Å². The minimum atomic E-state index is -0.123. The number of nitrogens with zero attached hydrogens (tertiary/aromatic N) is 2. The van der Waals surface area contributed by atoms with E-state index in [9.17, 15) is 0 Å². The molecule has 112 valence electrons. The zero-order valence-electron chi connectivity index (χ0n) is 12.4. The van der Waals surface area contributed by atoms with Crippen LogP contribution in [0.5, 0.6) is 0 Å². The van der Waals surface area contributed by atoms with Crippen molar-refractivity contribution in [2.75, 3.05) is 6.54 Å². The summed E-state index contributed by atoms with van der Waals surface area (Å²) in [6, 6.07) is 6.13. The Balaban J connectivity index is 1.93. The van der Waals surface area contributed by atoms with Gasteiger partial charge in [-0.15, -0.1) is 0 Å². The van der Waals surface area contributed by atoms with Crippen molar-refractivity contribution in [1.82, 2.24) is 15.5 Å². The first-order chi connectivity index (χ1) is 10.1. The lowest BCUT2D eigenvalue weighted by atomic mass is 9.92. The summed E-state index contributed by atoms with van der Waals surface area (Å²) in [5.74, 6) is 1.39. The lowest BCUT2D eigenvalue weighted by molar-refractivity contribution is 0.241. The van der Waals surface area contributed by atoms with E-state index in [1.165, 1.54) is 5.56 Å². The van der Waals surface area contributed by atoms with Crippen molar-refractivity contribution in [3.8, 4) is 11.4 Å². The summed E-state index contributed by atoms with van der Waals surface area (Å²) in [7, 11) is 0. The molecular formula is C16H20BrN3O. The number of halogens is 1. The van der Waals surface area contributed by atoms with Gasteiger partial charge < -0.3 is 9.84 Å². The quantitative estimate of drug-likeness (QED) is 0.899. The number of hydrogen-bond acceptors (Lipinski definition) is 4. The molecule has 0 aliphatic carbocycles. The molecule has 1 aliphatic rings. The fourth-order valence-electron chi connectivity index (χ4n) is 3.00. The first kappa shape index (κ1) is 14.7. The first-order valence-corrected chi connectivity index (χ1v) is 8.30. The van der Waals surface area contributed by atoms with Crippen molar-refractivity contribution in [3.05, 3.63) is 34.1 Å². The van der Waals surface area contributed by atoms with E-state index in [0.717, 1.165) is 48.2 Å². The van der Waals surface area contributed by atoms with Crippen LogP contribution in [0.15, 0.2) is 27.2 Å². The standard InChI is InChI=1S/C16H20BrN3O/c1-3-7-16(8-4-9-18-16)15-19-14(20-21-15)12-6-5-11(2)13(17)10-12/h5-6,10,18H,3-4,7-9H2,1-2H3. The van der Waals surface area contributed by atoms with Gasteiger partial charge in [-0.05, 0) is 44.4 Å². The molecule has 1 saturated heterocycles. The van der Waals surface area contributed by atoms with Gasteiger partial charge in [0.1, 0.15) is 0 Å². The summed E-state index contributed by atoms with van der Waals surface area (Å²) < 4.78 is 6.65. The molecule has 21 heavy (non-hydrogen) atoms. The highest BCUT2D eigenvalue weighted by atomic mass is 79.9. The third-order valence-electron chi connectivity index (χ3n) is 4.19. The van der Waals surface area contributed by atoms with Gasteiger partial charge in [0.15, 0.2) is 0 Å². The van der Waals surface area contributed by atoms with E-state index < -0.39 is 0 Å². The van der Waals surface area contributed by atoms with Gasteiger partial charge in [0.25, 0.3) is 0 Å². The Labute approximate surface area is 133 Å². The summed E-state index contributed by atoms with van der Waals surface area (Å²) in [5.41, 5.74) is 2.05. The van der Waals surface area contributed by atoms with Gasteiger partial charge in [-0.2, -0.15) is 4.98 Å². The molecule has 2 heterocycles. The van der Waals surface area contributed by atoms with E-state index in [-0.39, 0.29) is 5.54 Å². The van der Waals surface area contributed by atoms with Crippen LogP contribution in [-0.2, 0) is 5.54 Å². The molecule has 0 saturated carbocycles. The molecule has 1 aliphatic heterocycles. The van der Waals surface area contributed by atoms with Gasteiger partial charge in [0, 0.05) is 10.0 Å². The normalized spacial score (nSPS) is 21.9. The maximum Gasteiger partial charge on any atom is 0.247 e. The molecule has 1 aromatic carbocycles. The number of aryl methyl sites for hydroxylation is 1. The van der Waals surface area contributed by atoms with Crippen molar-refractivity contribution >= 4 is 15.9 Å². The van der Waals surface area contributed by atoms with Crippen LogP contribution in [0.4, 0.5) is 0 Å². The predicted molar refractivity (Wildman–Crippen MR) is 86.0 cm³/mol. The zero-order chi connectivity index (χ0) is 14.9. The Morgan fingerprint density at radius 2 is 2.29 bits per heavy atom.